The molecule has 0 N–H and O–H groups in total. The van der Waals surface area contributed by atoms with Gasteiger partial charge in [0.25, 0.3) is 0 Å². The number of para-hydroxylation sites is 4. The van der Waals surface area contributed by atoms with Gasteiger partial charge in [-0.3, -0.25) is 0 Å². The maximum absolute atomic E-state index is 2.66. The normalized spacial score (nSPS) is 13.9. The first-order valence-corrected chi connectivity index (χ1v) is 15.5. The van der Waals surface area contributed by atoms with Crippen LogP contribution in [0.25, 0.3) is 32.9 Å². The highest BCUT2D eigenvalue weighted by Gasteiger charge is 2.44. The van der Waals surface area contributed by atoms with Crippen molar-refractivity contribution in [2.24, 2.45) is 0 Å². The van der Waals surface area contributed by atoms with Crippen LogP contribution in [0.1, 0.15) is 38.2 Å². The van der Waals surface area contributed by atoms with Gasteiger partial charge in [-0.1, -0.05) is 105 Å². The Balaban J connectivity index is 1.41. The van der Waals surface area contributed by atoms with E-state index >= 15 is 0 Å². The van der Waals surface area contributed by atoms with Gasteiger partial charge in [-0.05, 0) is 65.2 Å². The zero-order valence-electron chi connectivity index (χ0n) is 22.7. The number of unbranched alkanes of at least 4 members (excludes halogenated alkanes) is 3. The van der Waals surface area contributed by atoms with Crippen LogP contribution >= 0.6 is 11.8 Å². The van der Waals surface area contributed by atoms with Crippen LogP contribution in [0.15, 0.2) is 107 Å². The number of hydrogen-bond donors (Lipinski definition) is 0. The number of aryl methyl sites for hydroxylation is 1. The quantitative estimate of drug-likeness (QED) is 0.162. The van der Waals surface area contributed by atoms with E-state index in [1.165, 1.54) is 102 Å². The van der Waals surface area contributed by atoms with E-state index in [1.54, 1.807) is 0 Å². The molecule has 0 saturated carbocycles. The molecule has 0 bridgehead atoms. The van der Waals surface area contributed by atoms with Gasteiger partial charge in [-0.2, -0.15) is 0 Å². The molecule has 3 aliphatic rings. The van der Waals surface area contributed by atoms with Crippen molar-refractivity contribution in [2.45, 2.75) is 48.8 Å². The summed E-state index contributed by atoms with van der Waals surface area (Å²) in [6, 6.07) is 36.9. The Morgan fingerprint density at radius 1 is 0.700 bits per heavy atom. The van der Waals surface area contributed by atoms with Gasteiger partial charge in [0.1, 0.15) is 0 Å². The molecular weight excluding hydrogens is 503 g/mol. The van der Waals surface area contributed by atoms with Crippen LogP contribution in [-0.4, -0.2) is 11.3 Å². The fraction of sp³-hybridized carbons (Fsp3) is 0.167. The average Bonchev–Trinajstić information content (AvgIpc) is 3.33. The van der Waals surface area contributed by atoms with Gasteiger partial charge >= 0.3 is 6.85 Å². The summed E-state index contributed by atoms with van der Waals surface area (Å²) < 4.78 is 2.66. The lowest BCUT2D eigenvalue weighted by atomic mass is 9.45. The summed E-state index contributed by atoms with van der Waals surface area (Å²) in [5.74, 6) is 0. The Morgan fingerprint density at radius 3 is 2.48 bits per heavy atom. The van der Waals surface area contributed by atoms with Crippen LogP contribution in [0, 0.1) is 0 Å². The lowest BCUT2D eigenvalue weighted by molar-refractivity contribution is 0.667. The fourth-order valence-corrected chi connectivity index (χ4v) is 8.65. The predicted molar refractivity (Wildman–Crippen MR) is 172 cm³/mol. The van der Waals surface area contributed by atoms with E-state index in [2.05, 4.69) is 113 Å². The molecule has 0 radical (unpaired) electrons. The van der Waals surface area contributed by atoms with Gasteiger partial charge < -0.3 is 9.38 Å². The van der Waals surface area contributed by atoms with E-state index in [1.807, 2.05) is 11.8 Å². The molecule has 1 aromatic heterocycles. The van der Waals surface area contributed by atoms with Crippen molar-refractivity contribution in [3.8, 4) is 11.1 Å². The Kier molecular flexibility index (Phi) is 4.89. The maximum atomic E-state index is 2.66. The van der Waals surface area contributed by atoms with E-state index in [9.17, 15) is 0 Å². The summed E-state index contributed by atoms with van der Waals surface area (Å²) in [4.78, 5) is 5.28. The van der Waals surface area contributed by atoms with Crippen molar-refractivity contribution >= 4 is 68.4 Å². The number of hydrogen-bond acceptors (Lipinski definition) is 2. The molecule has 2 nitrogen and oxygen atoms in total. The minimum absolute atomic E-state index is 0.147. The number of fused-ring (bicyclic) bond motifs is 9. The van der Waals surface area contributed by atoms with Crippen LogP contribution in [-0.2, 0) is 6.42 Å². The van der Waals surface area contributed by atoms with Gasteiger partial charge in [0.2, 0.25) is 0 Å². The van der Waals surface area contributed by atoms with E-state index in [0.717, 1.165) is 6.42 Å². The number of nitrogens with zero attached hydrogens (tertiary/aromatic N) is 2. The van der Waals surface area contributed by atoms with E-state index in [4.69, 9.17) is 0 Å². The zero-order valence-corrected chi connectivity index (χ0v) is 23.5. The summed E-state index contributed by atoms with van der Waals surface area (Å²) in [6.07, 6.45) is 6.25. The minimum atomic E-state index is 0.147. The monoisotopic (exact) mass is 532 g/mol. The SMILES string of the molecule is CCCCCCc1cc2c3c(c1)N1c4ccccc4Sc4cccc(c41)B3n1c3ccccc3c3cccc-2c31. The molecular formula is C36H29BN2S. The van der Waals surface area contributed by atoms with Gasteiger partial charge in [-0.15, -0.1) is 0 Å². The molecule has 40 heavy (non-hydrogen) atoms. The van der Waals surface area contributed by atoms with Crippen LogP contribution in [0.2, 0.25) is 0 Å². The van der Waals surface area contributed by atoms with Crippen molar-refractivity contribution in [3.05, 3.63) is 103 Å². The molecule has 0 atom stereocenters. The van der Waals surface area contributed by atoms with E-state index < -0.39 is 0 Å². The Labute approximate surface area is 239 Å². The van der Waals surface area contributed by atoms with Crippen LogP contribution < -0.4 is 15.8 Å². The summed E-state index contributed by atoms with van der Waals surface area (Å²) in [6.45, 7) is 2.44. The van der Waals surface area contributed by atoms with Gasteiger partial charge in [0, 0.05) is 42.8 Å². The number of aromatic nitrogens is 1. The van der Waals surface area contributed by atoms with Crippen molar-refractivity contribution in [1.82, 2.24) is 4.48 Å². The van der Waals surface area contributed by atoms with Crippen molar-refractivity contribution in [1.29, 1.82) is 0 Å². The summed E-state index contributed by atoms with van der Waals surface area (Å²) in [7, 11) is 0. The summed E-state index contributed by atoms with van der Waals surface area (Å²) >= 11 is 1.92. The molecule has 0 unspecified atom stereocenters. The minimum Gasteiger partial charge on any atom is -0.375 e. The Hall–Kier alpha value is -3.89. The highest BCUT2D eigenvalue weighted by Crippen LogP contribution is 2.53. The van der Waals surface area contributed by atoms with E-state index in [-0.39, 0.29) is 6.85 Å². The highest BCUT2D eigenvalue weighted by molar-refractivity contribution is 7.99. The molecule has 4 heterocycles. The van der Waals surface area contributed by atoms with Crippen molar-refractivity contribution in [3.63, 3.8) is 0 Å². The van der Waals surface area contributed by atoms with E-state index in [0.29, 0.717) is 0 Å². The van der Waals surface area contributed by atoms with Crippen molar-refractivity contribution < 1.29 is 0 Å². The third-order valence-corrected chi connectivity index (χ3v) is 10.3. The molecule has 0 spiro atoms. The first kappa shape index (κ1) is 22.9. The average molecular weight is 533 g/mol. The third-order valence-electron chi connectivity index (χ3n) is 9.20. The van der Waals surface area contributed by atoms with Crippen molar-refractivity contribution in [2.75, 3.05) is 4.90 Å². The maximum Gasteiger partial charge on any atom is 0.333 e. The van der Waals surface area contributed by atoms with Crippen LogP contribution in [0.4, 0.5) is 17.1 Å². The molecule has 0 saturated heterocycles. The van der Waals surface area contributed by atoms with Crippen LogP contribution in [0.5, 0.6) is 0 Å². The predicted octanol–water partition coefficient (Wildman–Crippen LogP) is 8.80. The topological polar surface area (TPSA) is 8.17 Å². The summed E-state index contributed by atoms with van der Waals surface area (Å²) in [5, 5.41) is 2.71. The molecule has 5 aromatic carbocycles. The fourth-order valence-electron chi connectivity index (χ4n) is 7.55. The molecule has 192 valence electrons. The second-order valence-electron chi connectivity index (χ2n) is 11.5. The molecule has 3 aliphatic heterocycles. The number of anilines is 3. The van der Waals surface area contributed by atoms with Gasteiger partial charge in [0.05, 0.1) is 11.4 Å². The lowest BCUT2D eigenvalue weighted by Gasteiger charge is -2.43. The molecule has 0 aliphatic carbocycles. The summed E-state index contributed by atoms with van der Waals surface area (Å²) in [5.41, 5.74) is 13.8. The number of rotatable bonds is 5. The highest BCUT2D eigenvalue weighted by atomic mass is 32.2. The van der Waals surface area contributed by atoms with Gasteiger partial charge in [0.15, 0.2) is 0 Å². The lowest BCUT2D eigenvalue weighted by Crippen LogP contribution is -2.57. The van der Waals surface area contributed by atoms with Crippen LogP contribution in [0.3, 0.4) is 0 Å². The number of benzene rings is 5. The molecule has 0 amide bonds. The zero-order chi connectivity index (χ0) is 26.4. The first-order chi connectivity index (χ1) is 19.8. The molecule has 4 heteroatoms. The first-order valence-electron chi connectivity index (χ1n) is 14.7. The smallest absolute Gasteiger partial charge is 0.333 e. The molecule has 9 rings (SSSR count). The van der Waals surface area contributed by atoms with Gasteiger partial charge in [-0.25, -0.2) is 0 Å². The third kappa shape index (κ3) is 2.98. The second-order valence-corrected chi connectivity index (χ2v) is 12.6. The molecule has 6 aromatic rings. The Morgan fingerprint density at radius 2 is 1.52 bits per heavy atom. The largest absolute Gasteiger partial charge is 0.375 e. The Bertz CT molecular complexity index is 2000. The molecule has 0 fully saturated rings. The second kappa shape index (κ2) is 8.56. The standard InChI is InChI=1S/C36H29BN2S/c1-2-3-4-5-12-23-21-27-26-15-10-14-25-24-13-6-7-17-29(24)39(35(25)26)37-28-16-11-20-33-36(28)38(31(22-23)34(27)37)30-18-8-9-19-32(30)40-33/h6-11,13-22H,2-5,12H2,1H3.